The molecule has 1 aromatic rings. The van der Waals surface area contributed by atoms with E-state index in [1.54, 1.807) is 6.92 Å². The van der Waals surface area contributed by atoms with Crippen molar-refractivity contribution < 1.29 is 14.3 Å². The van der Waals surface area contributed by atoms with Crippen LogP contribution >= 0.6 is 0 Å². The third-order valence-electron chi connectivity index (χ3n) is 1.91. The SMILES string of the molecule is C=CC(C)NC(=O)c1ccc(O)cc1F. The first-order valence-corrected chi connectivity index (χ1v) is 4.46. The zero-order valence-electron chi connectivity index (χ0n) is 8.33. The van der Waals surface area contributed by atoms with Crippen LogP contribution in [0.1, 0.15) is 17.3 Å². The van der Waals surface area contributed by atoms with Crippen LogP contribution in [0.3, 0.4) is 0 Å². The van der Waals surface area contributed by atoms with Crippen LogP contribution < -0.4 is 5.32 Å². The molecule has 1 amide bonds. The van der Waals surface area contributed by atoms with Gasteiger partial charge in [0, 0.05) is 12.1 Å². The molecule has 2 N–H and O–H groups in total. The summed E-state index contributed by atoms with van der Waals surface area (Å²) in [5.74, 6) is -1.48. The normalized spacial score (nSPS) is 11.9. The first-order valence-electron chi connectivity index (χ1n) is 4.46. The zero-order chi connectivity index (χ0) is 11.4. The summed E-state index contributed by atoms with van der Waals surface area (Å²) in [6.45, 7) is 5.22. The molecule has 1 aromatic carbocycles. The molecule has 0 spiro atoms. The lowest BCUT2D eigenvalue weighted by Gasteiger charge is -2.09. The fraction of sp³-hybridized carbons (Fsp3) is 0.182. The van der Waals surface area contributed by atoms with Crippen LogP contribution in [0.15, 0.2) is 30.9 Å². The second-order valence-electron chi connectivity index (χ2n) is 3.16. The smallest absolute Gasteiger partial charge is 0.254 e. The Kier molecular flexibility index (Phi) is 3.44. The molecular formula is C11H12FNO2. The summed E-state index contributed by atoms with van der Waals surface area (Å²) in [5.41, 5.74) is -0.0958. The largest absolute Gasteiger partial charge is 0.508 e. The number of hydrogen-bond acceptors (Lipinski definition) is 2. The Hall–Kier alpha value is -1.84. The third-order valence-corrected chi connectivity index (χ3v) is 1.91. The number of hydrogen-bond donors (Lipinski definition) is 2. The number of rotatable bonds is 3. The van der Waals surface area contributed by atoms with Crippen molar-refractivity contribution in [2.24, 2.45) is 0 Å². The molecule has 0 radical (unpaired) electrons. The summed E-state index contributed by atoms with van der Waals surface area (Å²) >= 11 is 0. The molecule has 0 aliphatic heterocycles. The fourth-order valence-corrected chi connectivity index (χ4v) is 1.03. The predicted molar refractivity (Wildman–Crippen MR) is 55.2 cm³/mol. The molecule has 0 fully saturated rings. The number of nitrogens with one attached hydrogen (secondary N) is 1. The lowest BCUT2D eigenvalue weighted by molar-refractivity contribution is 0.0943. The van der Waals surface area contributed by atoms with E-state index < -0.39 is 11.7 Å². The van der Waals surface area contributed by atoms with E-state index in [9.17, 15) is 9.18 Å². The summed E-state index contributed by atoms with van der Waals surface area (Å²) in [4.78, 5) is 11.5. The molecule has 0 aliphatic carbocycles. The minimum atomic E-state index is -0.747. The number of carbonyl (C=O) groups is 1. The summed E-state index contributed by atoms with van der Waals surface area (Å²) in [6, 6.07) is 3.16. The van der Waals surface area contributed by atoms with E-state index in [4.69, 9.17) is 5.11 Å². The molecule has 0 bridgehead atoms. The van der Waals surface area contributed by atoms with Gasteiger partial charge in [-0.2, -0.15) is 0 Å². The Balaban J connectivity index is 2.87. The van der Waals surface area contributed by atoms with E-state index in [1.165, 1.54) is 18.2 Å². The molecule has 0 saturated carbocycles. The van der Waals surface area contributed by atoms with E-state index in [-0.39, 0.29) is 17.4 Å². The van der Waals surface area contributed by atoms with Crippen molar-refractivity contribution >= 4 is 5.91 Å². The summed E-state index contributed by atoms with van der Waals surface area (Å²) < 4.78 is 13.2. The molecule has 0 heterocycles. The highest BCUT2D eigenvalue weighted by molar-refractivity contribution is 5.94. The second kappa shape index (κ2) is 4.59. The molecule has 15 heavy (non-hydrogen) atoms. The first-order chi connectivity index (χ1) is 7.04. The summed E-state index contributed by atoms with van der Waals surface area (Å²) in [6.07, 6.45) is 1.54. The Morgan fingerprint density at radius 1 is 1.67 bits per heavy atom. The molecular weight excluding hydrogens is 197 g/mol. The number of aromatic hydroxyl groups is 1. The minimum Gasteiger partial charge on any atom is -0.508 e. The highest BCUT2D eigenvalue weighted by atomic mass is 19.1. The molecule has 1 rings (SSSR count). The molecule has 0 aromatic heterocycles. The van der Waals surface area contributed by atoms with Crippen LogP contribution in [0.25, 0.3) is 0 Å². The Morgan fingerprint density at radius 2 is 2.33 bits per heavy atom. The van der Waals surface area contributed by atoms with Crippen molar-refractivity contribution in [3.8, 4) is 5.75 Å². The van der Waals surface area contributed by atoms with Gasteiger partial charge in [-0.1, -0.05) is 6.08 Å². The monoisotopic (exact) mass is 209 g/mol. The van der Waals surface area contributed by atoms with Gasteiger partial charge in [0.1, 0.15) is 11.6 Å². The zero-order valence-corrected chi connectivity index (χ0v) is 8.33. The highest BCUT2D eigenvalue weighted by Crippen LogP contribution is 2.14. The van der Waals surface area contributed by atoms with E-state index in [2.05, 4.69) is 11.9 Å². The maximum absolute atomic E-state index is 13.2. The fourth-order valence-electron chi connectivity index (χ4n) is 1.03. The van der Waals surface area contributed by atoms with Gasteiger partial charge < -0.3 is 10.4 Å². The molecule has 1 atom stereocenters. The second-order valence-corrected chi connectivity index (χ2v) is 3.16. The van der Waals surface area contributed by atoms with Crippen LogP contribution in [0.5, 0.6) is 5.75 Å². The van der Waals surface area contributed by atoms with Crippen molar-refractivity contribution in [3.63, 3.8) is 0 Å². The topological polar surface area (TPSA) is 49.3 Å². The van der Waals surface area contributed by atoms with E-state index in [0.29, 0.717) is 0 Å². The maximum Gasteiger partial charge on any atom is 0.254 e. The van der Waals surface area contributed by atoms with Gasteiger partial charge >= 0.3 is 0 Å². The third kappa shape index (κ3) is 2.80. The van der Waals surface area contributed by atoms with E-state index >= 15 is 0 Å². The summed E-state index contributed by atoms with van der Waals surface area (Å²) in [7, 11) is 0. The molecule has 4 heteroatoms. The molecule has 0 saturated heterocycles. The van der Waals surface area contributed by atoms with Crippen LogP contribution in [-0.4, -0.2) is 17.1 Å². The van der Waals surface area contributed by atoms with Gasteiger partial charge in [-0.25, -0.2) is 4.39 Å². The predicted octanol–water partition coefficient (Wildman–Crippen LogP) is 1.84. The molecule has 1 unspecified atom stereocenters. The van der Waals surface area contributed by atoms with Gasteiger partial charge in [-0.05, 0) is 19.1 Å². The lowest BCUT2D eigenvalue weighted by Crippen LogP contribution is -2.31. The number of phenols is 1. The Bertz CT molecular complexity index is 390. The van der Waals surface area contributed by atoms with Crippen LogP contribution in [0.2, 0.25) is 0 Å². The van der Waals surface area contributed by atoms with Crippen molar-refractivity contribution in [1.29, 1.82) is 0 Å². The van der Waals surface area contributed by atoms with Gasteiger partial charge in [0.05, 0.1) is 5.56 Å². The number of phenolic OH excluding ortho intramolecular Hbond substituents is 1. The van der Waals surface area contributed by atoms with Gasteiger partial charge in [0.15, 0.2) is 0 Å². The molecule has 80 valence electrons. The summed E-state index contributed by atoms with van der Waals surface area (Å²) in [5, 5.41) is 11.5. The van der Waals surface area contributed by atoms with Crippen LogP contribution in [0.4, 0.5) is 4.39 Å². The van der Waals surface area contributed by atoms with Crippen molar-refractivity contribution in [3.05, 3.63) is 42.2 Å². The Morgan fingerprint density at radius 3 is 2.87 bits per heavy atom. The van der Waals surface area contributed by atoms with Crippen molar-refractivity contribution in [2.75, 3.05) is 0 Å². The van der Waals surface area contributed by atoms with E-state index in [1.807, 2.05) is 0 Å². The van der Waals surface area contributed by atoms with Gasteiger partial charge in [0.2, 0.25) is 0 Å². The maximum atomic E-state index is 13.2. The standard InChI is InChI=1S/C11H12FNO2/c1-3-7(2)13-11(15)9-5-4-8(14)6-10(9)12/h3-7,14H,1H2,2H3,(H,13,15). The van der Waals surface area contributed by atoms with Crippen LogP contribution in [-0.2, 0) is 0 Å². The Labute approximate surface area is 87.2 Å². The number of halogens is 1. The quantitative estimate of drug-likeness (QED) is 0.746. The minimum absolute atomic E-state index is 0.0958. The average molecular weight is 209 g/mol. The van der Waals surface area contributed by atoms with E-state index in [0.717, 1.165) is 6.07 Å². The molecule has 0 aliphatic rings. The van der Waals surface area contributed by atoms with Crippen molar-refractivity contribution in [2.45, 2.75) is 13.0 Å². The van der Waals surface area contributed by atoms with Gasteiger partial charge in [-0.15, -0.1) is 6.58 Å². The number of carbonyl (C=O) groups excluding carboxylic acids is 1. The molecule has 3 nitrogen and oxygen atoms in total. The lowest BCUT2D eigenvalue weighted by atomic mass is 10.2. The highest BCUT2D eigenvalue weighted by Gasteiger charge is 2.12. The number of amides is 1. The van der Waals surface area contributed by atoms with Crippen molar-refractivity contribution in [1.82, 2.24) is 5.32 Å². The van der Waals surface area contributed by atoms with Gasteiger partial charge in [-0.3, -0.25) is 4.79 Å². The average Bonchev–Trinajstić information content (AvgIpc) is 2.17. The number of benzene rings is 1. The van der Waals surface area contributed by atoms with Gasteiger partial charge in [0.25, 0.3) is 5.91 Å². The first kappa shape index (κ1) is 11.2. The van der Waals surface area contributed by atoms with Crippen LogP contribution in [0, 0.1) is 5.82 Å².